The van der Waals surface area contributed by atoms with Crippen molar-refractivity contribution >= 4 is 11.9 Å². The maximum Gasteiger partial charge on any atom is 0.306 e. The molecule has 21 heavy (non-hydrogen) atoms. The van der Waals surface area contributed by atoms with Crippen LogP contribution in [0, 0.1) is 5.92 Å². The largest absolute Gasteiger partial charge is 0.481 e. The molecule has 0 spiro atoms. The van der Waals surface area contributed by atoms with Gasteiger partial charge in [0.05, 0.1) is 12.0 Å². The number of carboxylic acid groups (broad SMARTS) is 1. The third kappa shape index (κ3) is 3.09. The minimum Gasteiger partial charge on any atom is -0.481 e. The van der Waals surface area contributed by atoms with Gasteiger partial charge in [-0.05, 0) is 38.2 Å². The Hall–Kier alpha value is -1.85. The van der Waals surface area contributed by atoms with Gasteiger partial charge in [-0.1, -0.05) is 12.8 Å². The smallest absolute Gasteiger partial charge is 0.306 e. The highest BCUT2D eigenvalue weighted by Gasteiger charge is 2.31. The van der Waals surface area contributed by atoms with E-state index in [1.165, 1.54) is 12.8 Å². The summed E-state index contributed by atoms with van der Waals surface area (Å²) in [5.41, 5.74) is 0.431. The number of hydrogen-bond donors (Lipinski definition) is 2. The minimum atomic E-state index is -0.766. The summed E-state index contributed by atoms with van der Waals surface area (Å²) in [5, 5.41) is 16.3. The molecule has 1 aromatic rings. The zero-order valence-electron chi connectivity index (χ0n) is 12.0. The summed E-state index contributed by atoms with van der Waals surface area (Å²) >= 11 is 0. The topological polar surface area (TPSA) is 84.2 Å². The van der Waals surface area contributed by atoms with E-state index >= 15 is 0 Å². The van der Waals surface area contributed by atoms with Crippen LogP contribution in [-0.2, 0) is 4.79 Å². The van der Waals surface area contributed by atoms with E-state index in [1.807, 2.05) is 10.9 Å². The molecule has 0 aromatic carbocycles. The Morgan fingerprint density at radius 2 is 2.00 bits per heavy atom. The van der Waals surface area contributed by atoms with Crippen molar-refractivity contribution in [3.05, 3.63) is 18.0 Å². The van der Waals surface area contributed by atoms with Crippen LogP contribution in [0.3, 0.4) is 0 Å². The summed E-state index contributed by atoms with van der Waals surface area (Å²) in [6.07, 6.45) is 8.47. The molecule has 2 aliphatic carbocycles. The SMILES string of the molecule is O=C(N[C@H]1CC[C@@H](C(=O)O)C1)c1ccn(C2CCCC2)n1. The van der Waals surface area contributed by atoms with Crippen LogP contribution in [0.1, 0.15) is 61.5 Å². The number of nitrogens with zero attached hydrogens (tertiary/aromatic N) is 2. The fourth-order valence-corrected chi connectivity index (χ4v) is 3.43. The number of aliphatic carboxylic acids is 1. The van der Waals surface area contributed by atoms with Gasteiger partial charge in [-0.15, -0.1) is 0 Å². The normalized spacial score (nSPS) is 26.1. The van der Waals surface area contributed by atoms with Gasteiger partial charge >= 0.3 is 5.97 Å². The summed E-state index contributed by atoms with van der Waals surface area (Å²) < 4.78 is 1.90. The van der Waals surface area contributed by atoms with Crippen molar-refractivity contribution in [2.24, 2.45) is 5.92 Å². The van der Waals surface area contributed by atoms with Crippen LogP contribution in [0.2, 0.25) is 0 Å². The van der Waals surface area contributed by atoms with Crippen molar-refractivity contribution in [3.63, 3.8) is 0 Å². The van der Waals surface area contributed by atoms with Gasteiger partial charge in [0.1, 0.15) is 5.69 Å². The van der Waals surface area contributed by atoms with E-state index in [4.69, 9.17) is 5.11 Å². The summed E-state index contributed by atoms with van der Waals surface area (Å²) in [6.45, 7) is 0. The summed E-state index contributed by atoms with van der Waals surface area (Å²) in [7, 11) is 0. The van der Waals surface area contributed by atoms with E-state index in [1.54, 1.807) is 6.07 Å². The quantitative estimate of drug-likeness (QED) is 0.888. The molecule has 0 bridgehead atoms. The molecule has 2 saturated carbocycles. The lowest BCUT2D eigenvalue weighted by atomic mass is 10.1. The molecule has 114 valence electrons. The fourth-order valence-electron chi connectivity index (χ4n) is 3.43. The summed E-state index contributed by atoms with van der Waals surface area (Å²) in [6, 6.07) is 2.13. The van der Waals surface area contributed by atoms with E-state index in [-0.39, 0.29) is 17.9 Å². The maximum absolute atomic E-state index is 12.2. The lowest BCUT2D eigenvalue weighted by Crippen LogP contribution is -2.33. The Morgan fingerprint density at radius 3 is 2.67 bits per heavy atom. The lowest BCUT2D eigenvalue weighted by molar-refractivity contribution is -0.141. The Morgan fingerprint density at radius 1 is 1.24 bits per heavy atom. The van der Waals surface area contributed by atoms with Gasteiger partial charge in [0.25, 0.3) is 5.91 Å². The number of rotatable bonds is 4. The Balaban J connectivity index is 1.57. The Labute approximate surface area is 123 Å². The zero-order valence-corrected chi connectivity index (χ0v) is 12.0. The standard InChI is InChI=1S/C15H21N3O3/c19-14(16-11-6-5-10(9-11)15(20)21)13-7-8-18(17-13)12-3-1-2-4-12/h7-8,10-12H,1-6,9H2,(H,16,19)(H,20,21)/t10-,11+/m1/s1. The third-order valence-electron chi connectivity index (χ3n) is 4.66. The molecule has 0 aliphatic heterocycles. The molecular formula is C15H21N3O3. The summed E-state index contributed by atoms with van der Waals surface area (Å²) in [5.74, 6) is -1.29. The van der Waals surface area contributed by atoms with E-state index in [9.17, 15) is 9.59 Å². The first-order valence-electron chi connectivity index (χ1n) is 7.72. The number of carbonyl (C=O) groups is 2. The monoisotopic (exact) mass is 291 g/mol. The maximum atomic E-state index is 12.2. The minimum absolute atomic E-state index is 0.0461. The molecule has 3 rings (SSSR count). The molecule has 6 heteroatoms. The number of carboxylic acids is 1. The molecule has 2 atom stereocenters. The van der Waals surface area contributed by atoms with Gasteiger partial charge in [0, 0.05) is 12.2 Å². The molecule has 1 heterocycles. The highest BCUT2D eigenvalue weighted by atomic mass is 16.4. The van der Waals surface area contributed by atoms with Gasteiger partial charge in [-0.3, -0.25) is 14.3 Å². The van der Waals surface area contributed by atoms with Crippen molar-refractivity contribution in [1.82, 2.24) is 15.1 Å². The van der Waals surface area contributed by atoms with Gasteiger partial charge in [0.15, 0.2) is 0 Å². The Bertz CT molecular complexity index is 534. The molecule has 0 radical (unpaired) electrons. The van der Waals surface area contributed by atoms with Crippen LogP contribution in [-0.4, -0.2) is 32.8 Å². The number of nitrogens with one attached hydrogen (secondary N) is 1. The second-order valence-corrected chi connectivity index (χ2v) is 6.14. The summed E-state index contributed by atoms with van der Waals surface area (Å²) in [4.78, 5) is 23.1. The van der Waals surface area contributed by atoms with Crippen LogP contribution >= 0.6 is 0 Å². The van der Waals surface area contributed by atoms with Crippen LogP contribution in [0.4, 0.5) is 0 Å². The third-order valence-corrected chi connectivity index (χ3v) is 4.66. The van der Waals surface area contributed by atoms with Crippen molar-refractivity contribution in [3.8, 4) is 0 Å². The van der Waals surface area contributed by atoms with Crippen LogP contribution in [0.25, 0.3) is 0 Å². The van der Waals surface area contributed by atoms with Crippen molar-refractivity contribution < 1.29 is 14.7 Å². The molecule has 6 nitrogen and oxygen atoms in total. The van der Waals surface area contributed by atoms with E-state index in [0.29, 0.717) is 24.6 Å². The fraction of sp³-hybridized carbons (Fsp3) is 0.667. The second-order valence-electron chi connectivity index (χ2n) is 6.14. The van der Waals surface area contributed by atoms with Gasteiger partial charge in [0.2, 0.25) is 0 Å². The lowest BCUT2D eigenvalue weighted by Gasteiger charge is -2.11. The Kier molecular flexibility index (Phi) is 3.94. The molecule has 2 fully saturated rings. The first-order chi connectivity index (χ1) is 10.1. The number of aromatic nitrogens is 2. The number of hydrogen-bond acceptors (Lipinski definition) is 3. The first-order valence-corrected chi connectivity index (χ1v) is 7.72. The van der Waals surface area contributed by atoms with Crippen LogP contribution in [0.15, 0.2) is 12.3 Å². The molecule has 2 N–H and O–H groups in total. The molecule has 0 unspecified atom stereocenters. The average molecular weight is 291 g/mol. The van der Waals surface area contributed by atoms with Gasteiger partial charge in [-0.25, -0.2) is 0 Å². The molecule has 1 amide bonds. The zero-order chi connectivity index (χ0) is 14.8. The highest BCUT2D eigenvalue weighted by molar-refractivity contribution is 5.92. The van der Waals surface area contributed by atoms with E-state index in [0.717, 1.165) is 19.3 Å². The second kappa shape index (κ2) is 5.87. The predicted molar refractivity (Wildman–Crippen MR) is 76.0 cm³/mol. The molecular weight excluding hydrogens is 270 g/mol. The molecule has 0 saturated heterocycles. The van der Waals surface area contributed by atoms with Crippen molar-refractivity contribution in [1.29, 1.82) is 0 Å². The van der Waals surface area contributed by atoms with Gasteiger partial charge in [-0.2, -0.15) is 5.10 Å². The van der Waals surface area contributed by atoms with E-state index in [2.05, 4.69) is 10.4 Å². The van der Waals surface area contributed by atoms with Crippen molar-refractivity contribution in [2.45, 2.75) is 57.0 Å². The average Bonchev–Trinajstić information content (AvgIpc) is 3.19. The number of amides is 1. The molecule has 1 aromatic heterocycles. The highest BCUT2D eigenvalue weighted by Crippen LogP contribution is 2.29. The van der Waals surface area contributed by atoms with Gasteiger partial charge < -0.3 is 10.4 Å². The predicted octanol–water partition coefficient (Wildman–Crippen LogP) is 1.98. The number of carbonyl (C=O) groups excluding carboxylic acids is 1. The van der Waals surface area contributed by atoms with E-state index < -0.39 is 5.97 Å². The first kappa shape index (κ1) is 14.1. The van der Waals surface area contributed by atoms with Crippen molar-refractivity contribution in [2.75, 3.05) is 0 Å². The molecule has 2 aliphatic rings. The van der Waals surface area contributed by atoms with Crippen LogP contribution in [0.5, 0.6) is 0 Å². The van der Waals surface area contributed by atoms with Crippen LogP contribution < -0.4 is 5.32 Å².